The summed E-state index contributed by atoms with van der Waals surface area (Å²) < 4.78 is 0. The number of nitrogens with zero attached hydrogens (tertiary/aromatic N) is 1. The average Bonchev–Trinajstić information content (AvgIpc) is 2.65. The lowest BCUT2D eigenvalue weighted by Crippen LogP contribution is -2.26. The molecular formula is C19H23NO. The van der Waals surface area contributed by atoms with E-state index in [1.54, 1.807) is 0 Å². The van der Waals surface area contributed by atoms with Crippen molar-refractivity contribution < 1.29 is 5.11 Å². The number of anilines is 2. The number of benzene rings is 2. The molecule has 21 heavy (non-hydrogen) atoms. The van der Waals surface area contributed by atoms with Gasteiger partial charge in [-0.1, -0.05) is 37.3 Å². The van der Waals surface area contributed by atoms with E-state index in [-0.39, 0.29) is 12.5 Å². The first-order valence-corrected chi connectivity index (χ1v) is 7.75. The lowest BCUT2D eigenvalue weighted by Gasteiger charge is -2.29. The summed E-state index contributed by atoms with van der Waals surface area (Å²) >= 11 is 0. The van der Waals surface area contributed by atoms with E-state index in [2.05, 4.69) is 61.2 Å². The van der Waals surface area contributed by atoms with E-state index in [0.29, 0.717) is 0 Å². The second-order valence-corrected chi connectivity index (χ2v) is 6.16. The van der Waals surface area contributed by atoms with Gasteiger partial charge in [-0.3, -0.25) is 0 Å². The van der Waals surface area contributed by atoms with Crippen LogP contribution in [0.1, 0.15) is 23.6 Å². The van der Waals surface area contributed by atoms with Crippen molar-refractivity contribution in [3.63, 3.8) is 0 Å². The van der Waals surface area contributed by atoms with Crippen molar-refractivity contribution in [1.29, 1.82) is 0 Å². The van der Waals surface area contributed by atoms with Gasteiger partial charge in [0.05, 0.1) is 0 Å². The Balaban J connectivity index is 2.12. The van der Waals surface area contributed by atoms with Crippen LogP contribution in [0.3, 0.4) is 0 Å². The zero-order valence-corrected chi connectivity index (χ0v) is 12.8. The van der Waals surface area contributed by atoms with E-state index in [0.717, 1.165) is 19.4 Å². The third-order valence-corrected chi connectivity index (χ3v) is 4.28. The lowest BCUT2D eigenvalue weighted by molar-refractivity contribution is 0.241. The molecule has 110 valence electrons. The van der Waals surface area contributed by atoms with Gasteiger partial charge in [-0.15, -0.1) is 0 Å². The van der Waals surface area contributed by atoms with Crippen LogP contribution in [-0.4, -0.2) is 18.3 Å². The summed E-state index contributed by atoms with van der Waals surface area (Å²) in [5, 5.41) is 9.46. The Kier molecular flexibility index (Phi) is 3.98. The van der Waals surface area contributed by atoms with Gasteiger partial charge in [-0.2, -0.15) is 0 Å². The van der Waals surface area contributed by atoms with E-state index in [1.807, 2.05) is 0 Å². The minimum Gasteiger partial charge on any atom is -0.396 e. The SMILES string of the molecule is Cc1ccc2c(c1)N(CC(C)CO)c1ccccc1CC2. The van der Waals surface area contributed by atoms with Gasteiger partial charge in [0.25, 0.3) is 0 Å². The predicted molar refractivity (Wildman–Crippen MR) is 88.3 cm³/mol. The second kappa shape index (κ2) is 5.90. The van der Waals surface area contributed by atoms with Crippen molar-refractivity contribution in [3.8, 4) is 0 Å². The molecule has 0 aliphatic carbocycles. The smallest absolute Gasteiger partial charge is 0.0473 e. The molecule has 0 aromatic heterocycles. The number of para-hydroxylation sites is 1. The molecule has 0 radical (unpaired) electrons. The minimum absolute atomic E-state index is 0.222. The van der Waals surface area contributed by atoms with Crippen molar-refractivity contribution >= 4 is 11.4 Å². The van der Waals surface area contributed by atoms with Crippen molar-refractivity contribution in [1.82, 2.24) is 0 Å². The molecule has 0 saturated heterocycles. The van der Waals surface area contributed by atoms with Gasteiger partial charge in [0.15, 0.2) is 0 Å². The van der Waals surface area contributed by atoms with Gasteiger partial charge in [0.1, 0.15) is 0 Å². The molecule has 3 rings (SSSR count). The van der Waals surface area contributed by atoms with Gasteiger partial charge in [0, 0.05) is 24.5 Å². The van der Waals surface area contributed by atoms with Crippen LogP contribution in [0.4, 0.5) is 11.4 Å². The molecule has 1 N–H and O–H groups in total. The van der Waals surface area contributed by atoms with E-state index in [4.69, 9.17) is 0 Å². The Morgan fingerprint density at radius 1 is 1.05 bits per heavy atom. The van der Waals surface area contributed by atoms with Crippen molar-refractivity contribution in [2.45, 2.75) is 26.7 Å². The van der Waals surface area contributed by atoms with Crippen LogP contribution < -0.4 is 4.90 Å². The number of rotatable bonds is 3. The summed E-state index contributed by atoms with van der Waals surface area (Å²) in [6.07, 6.45) is 2.16. The number of hydrogen-bond donors (Lipinski definition) is 1. The summed E-state index contributed by atoms with van der Waals surface area (Å²) in [4.78, 5) is 2.39. The predicted octanol–water partition coefficient (Wildman–Crippen LogP) is 3.86. The van der Waals surface area contributed by atoms with Gasteiger partial charge in [-0.05, 0) is 54.5 Å². The van der Waals surface area contributed by atoms with Crippen LogP contribution in [0.2, 0.25) is 0 Å². The molecule has 0 spiro atoms. The third kappa shape index (κ3) is 2.81. The molecule has 2 aromatic carbocycles. The molecule has 1 aliphatic rings. The Bertz CT molecular complexity index is 635. The summed E-state index contributed by atoms with van der Waals surface area (Å²) in [5.41, 5.74) is 6.69. The maximum absolute atomic E-state index is 9.46. The van der Waals surface area contributed by atoms with E-state index < -0.39 is 0 Å². The fourth-order valence-electron chi connectivity index (χ4n) is 3.09. The Morgan fingerprint density at radius 2 is 1.76 bits per heavy atom. The molecule has 0 fully saturated rings. The average molecular weight is 281 g/mol. The number of aliphatic hydroxyl groups excluding tert-OH is 1. The summed E-state index contributed by atoms with van der Waals surface area (Å²) in [6, 6.07) is 15.4. The minimum atomic E-state index is 0.222. The summed E-state index contributed by atoms with van der Waals surface area (Å²) in [5.74, 6) is 0.254. The van der Waals surface area contributed by atoms with Crippen LogP contribution in [0.25, 0.3) is 0 Å². The van der Waals surface area contributed by atoms with Crippen LogP contribution in [0, 0.1) is 12.8 Å². The molecule has 1 unspecified atom stereocenters. The topological polar surface area (TPSA) is 23.5 Å². The van der Waals surface area contributed by atoms with E-state index in [9.17, 15) is 5.11 Å². The summed E-state index contributed by atoms with van der Waals surface area (Å²) in [6.45, 7) is 5.32. The van der Waals surface area contributed by atoms with Gasteiger partial charge in [-0.25, -0.2) is 0 Å². The van der Waals surface area contributed by atoms with Crippen LogP contribution in [0.5, 0.6) is 0 Å². The lowest BCUT2D eigenvalue weighted by atomic mass is 10.0. The third-order valence-electron chi connectivity index (χ3n) is 4.28. The highest BCUT2D eigenvalue weighted by atomic mass is 16.3. The highest BCUT2D eigenvalue weighted by Gasteiger charge is 2.21. The van der Waals surface area contributed by atoms with E-state index >= 15 is 0 Å². The van der Waals surface area contributed by atoms with Gasteiger partial charge < -0.3 is 10.0 Å². The molecule has 0 saturated carbocycles. The number of aryl methyl sites for hydroxylation is 3. The van der Waals surface area contributed by atoms with Crippen molar-refractivity contribution in [2.75, 3.05) is 18.1 Å². The molecule has 0 bridgehead atoms. The molecule has 2 heteroatoms. The van der Waals surface area contributed by atoms with Gasteiger partial charge in [0.2, 0.25) is 0 Å². The molecule has 1 heterocycles. The molecule has 1 aliphatic heterocycles. The molecule has 2 nitrogen and oxygen atoms in total. The first-order valence-electron chi connectivity index (χ1n) is 7.75. The Labute approximate surface area is 127 Å². The number of aliphatic hydroxyl groups is 1. The van der Waals surface area contributed by atoms with Crippen LogP contribution >= 0.6 is 0 Å². The van der Waals surface area contributed by atoms with Crippen LogP contribution in [0.15, 0.2) is 42.5 Å². The first-order chi connectivity index (χ1) is 10.2. The standard InChI is InChI=1S/C19H23NO/c1-14-7-8-17-10-9-16-5-3-4-6-18(16)20(19(17)11-14)12-15(2)13-21/h3-8,11,15,21H,9-10,12-13H2,1-2H3. The largest absolute Gasteiger partial charge is 0.396 e. The fraction of sp³-hybridized carbons (Fsp3) is 0.368. The molecule has 1 atom stereocenters. The molecule has 0 amide bonds. The Hall–Kier alpha value is -1.80. The maximum Gasteiger partial charge on any atom is 0.0473 e. The zero-order valence-electron chi connectivity index (χ0n) is 12.8. The highest BCUT2D eigenvalue weighted by molar-refractivity contribution is 5.71. The van der Waals surface area contributed by atoms with Crippen molar-refractivity contribution in [2.24, 2.45) is 5.92 Å². The number of fused-ring (bicyclic) bond motifs is 2. The maximum atomic E-state index is 9.46. The first kappa shape index (κ1) is 14.2. The normalized spacial score (nSPS) is 15.1. The molecular weight excluding hydrogens is 258 g/mol. The monoisotopic (exact) mass is 281 g/mol. The fourth-order valence-corrected chi connectivity index (χ4v) is 3.09. The summed E-state index contributed by atoms with van der Waals surface area (Å²) in [7, 11) is 0. The van der Waals surface area contributed by atoms with E-state index in [1.165, 1.54) is 28.1 Å². The second-order valence-electron chi connectivity index (χ2n) is 6.16. The van der Waals surface area contributed by atoms with Gasteiger partial charge >= 0.3 is 0 Å². The zero-order chi connectivity index (χ0) is 14.8. The Morgan fingerprint density at radius 3 is 2.52 bits per heavy atom. The van der Waals surface area contributed by atoms with Crippen LogP contribution in [-0.2, 0) is 12.8 Å². The number of hydrogen-bond acceptors (Lipinski definition) is 2. The highest BCUT2D eigenvalue weighted by Crippen LogP contribution is 2.36. The van der Waals surface area contributed by atoms with Crippen molar-refractivity contribution in [3.05, 3.63) is 59.2 Å². The molecule has 2 aromatic rings. The quantitative estimate of drug-likeness (QED) is 0.923.